The van der Waals surface area contributed by atoms with E-state index in [-0.39, 0.29) is 35.7 Å². The van der Waals surface area contributed by atoms with Gasteiger partial charge in [-0.2, -0.15) is 5.06 Å². The Hall–Kier alpha value is -0.690. The first-order chi connectivity index (χ1) is 10.2. The fourth-order valence-corrected chi connectivity index (χ4v) is 3.85. The summed E-state index contributed by atoms with van der Waals surface area (Å²) in [6.45, 7) is 10.7. The van der Waals surface area contributed by atoms with E-state index in [4.69, 9.17) is 19.0 Å². The van der Waals surface area contributed by atoms with Gasteiger partial charge in [-0.3, -0.25) is 9.63 Å². The van der Waals surface area contributed by atoms with Gasteiger partial charge >= 0.3 is 5.97 Å². The summed E-state index contributed by atoms with van der Waals surface area (Å²) in [5.41, 5.74) is -0.0703. The summed E-state index contributed by atoms with van der Waals surface area (Å²) in [5, 5.41) is 1.99. The first-order valence-corrected chi connectivity index (χ1v) is 8.20. The Morgan fingerprint density at radius 2 is 2.05 bits per heavy atom. The van der Waals surface area contributed by atoms with E-state index in [9.17, 15) is 4.79 Å². The van der Waals surface area contributed by atoms with Gasteiger partial charge in [0, 0.05) is 5.54 Å². The molecule has 3 rings (SSSR count). The number of hydroxylamine groups is 2. The molecule has 3 heterocycles. The Bertz CT molecular complexity index is 450. The molecule has 0 spiro atoms. The molecule has 0 radical (unpaired) electrons. The number of ether oxygens (including phenoxy) is 3. The molecule has 3 saturated heterocycles. The summed E-state index contributed by atoms with van der Waals surface area (Å²) in [6, 6.07) is 0.0614. The van der Waals surface area contributed by atoms with Crippen molar-refractivity contribution >= 4 is 5.97 Å². The molecule has 0 aromatic rings. The molecule has 0 unspecified atom stereocenters. The lowest BCUT2D eigenvalue weighted by atomic mass is 9.90. The van der Waals surface area contributed by atoms with Gasteiger partial charge in [-0.1, -0.05) is 0 Å². The maximum absolute atomic E-state index is 12.5. The lowest BCUT2D eigenvalue weighted by molar-refractivity contribution is -0.228. The monoisotopic (exact) mass is 313 g/mol. The molecule has 0 bridgehead atoms. The van der Waals surface area contributed by atoms with Crippen LogP contribution in [0.4, 0.5) is 0 Å². The summed E-state index contributed by atoms with van der Waals surface area (Å²) in [4.78, 5) is 18.7. The van der Waals surface area contributed by atoms with Crippen molar-refractivity contribution in [2.45, 2.75) is 77.0 Å². The predicted molar refractivity (Wildman–Crippen MR) is 78.8 cm³/mol. The van der Waals surface area contributed by atoms with E-state index in [0.717, 1.165) is 12.8 Å². The standard InChI is InChI=1S/C16H27NO5/c1-6-19-14(18)12-10-7-8-15(2,3)17(10)22-13(12)11-9-20-16(4,5)21-11/h10-13H,6-9H2,1-5H3/t10-,11-,12+,13-/m1/s1. The number of hydrogen-bond donors (Lipinski definition) is 0. The van der Waals surface area contributed by atoms with Gasteiger partial charge in [-0.25, -0.2) is 0 Å². The van der Waals surface area contributed by atoms with Crippen molar-refractivity contribution in [3.63, 3.8) is 0 Å². The second kappa shape index (κ2) is 5.44. The van der Waals surface area contributed by atoms with Crippen LogP contribution in [0.2, 0.25) is 0 Å². The van der Waals surface area contributed by atoms with E-state index < -0.39 is 5.79 Å². The highest BCUT2D eigenvalue weighted by Crippen LogP contribution is 2.46. The van der Waals surface area contributed by atoms with Crippen molar-refractivity contribution in [3.05, 3.63) is 0 Å². The van der Waals surface area contributed by atoms with Crippen LogP contribution in [0.25, 0.3) is 0 Å². The van der Waals surface area contributed by atoms with Crippen molar-refractivity contribution < 1.29 is 23.8 Å². The van der Waals surface area contributed by atoms with Gasteiger partial charge < -0.3 is 14.2 Å². The highest BCUT2D eigenvalue weighted by atomic mass is 16.8. The zero-order valence-corrected chi connectivity index (χ0v) is 14.1. The minimum Gasteiger partial charge on any atom is -0.466 e. The summed E-state index contributed by atoms with van der Waals surface area (Å²) in [6.07, 6.45) is 1.36. The summed E-state index contributed by atoms with van der Waals surface area (Å²) < 4.78 is 16.9. The third-order valence-electron chi connectivity index (χ3n) is 4.91. The Morgan fingerprint density at radius 3 is 2.64 bits per heavy atom. The molecule has 0 aromatic carbocycles. The van der Waals surface area contributed by atoms with Crippen LogP contribution < -0.4 is 0 Å². The molecule has 0 saturated carbocycles. The number of hydrogen-bond acceptors (Lipinski definition) is 6. The molecular formula is C16H27NO5. The number of carbonyl (C=O) groups is 1. The van der Waals surface area contributed by atoms with E-state index >= 15 is 0 Å². The molecule has 0 amide bonds. The SMILES string of the molecule is CCOC(=O)[C@@H]1[C@@H]([C@H]2COC(C)(C)O2)ON2[C@@H]1CCC2(C)C. The van der Waals surface area contributed by atoms with Crippen LogP contribution in [-0.4, -0.2) is 53.8 Å². The molecule has 3 aliphatic heterocycles. The van der Waals surface area contributed by atoms with Crippen LogP contribution in [-0.2, 0) is 23.8 Å². The molecule has 6 nitrogen and oxygen atoms in total. The van der Waals surface area contributed by atoms with Gasteiger partial charge in [0.15, 0.2) is 5.79 Å². The van der Waals surface area contributed by atoms with Crippen molar-refractivity contribution in [2.24, 2.45) is 5.92 Å². The number of rotatable bonds is 3. The van der Waals surface area contributed by atoms with Gasteiger partial charge in [0.05, 0.1) is 19.3 Å². The smallest absolute Gasteiger partial charge is 0.313 e. The molecule has 6 heteroatoms. The number of fused-ring (bicyclic) bond motifs is 1. The number of carbonyl (C=O) groups excluding carboxylic acids is 1. The molecule has 0 aromatic heterocycles. The minimum atomic E-state index is -0.629. The highest BCUT2D eigenvalue weighted by Gasteiger charge is 2.59. The Balaban J connectivity index is 1.83. The maximum Gasteiger partial charge on any atom is 0.313 e. The van der Waals surface area contributed by atoms with E-state index in [1.165, 1.54) is 0 Å². The van der Waals surface area contributed by atoms with Crippen LogP contribution in [0.15, 0.2) is 0 Å². The van der Waals surface area contributed by atoms with E-state index in [0.29, 0.717) is 13.2 Å². The van der Waals surface area contributed by atoms with E-state index in [2.05, 4.69) is 13.8 Å². The first kappa shape index (κ1) is 16.2. The van der Waals surface area contributed by atoms with Crippen molar-refractivity contribution in [2.75, 3.05) is 13.2 Å². The second-order valence-electron chi connectivity index (χ2n) is 7.46. The van der Waals surface area contributed by atoms with Crippen LogP contribution >= 0.6 is 0 Å². The number of esters is 1. The van der Waals surface area contributed by atoms with E-state index in [1.54, 1.807) is 0 Å². The quantitative estimate of drug-likeness (QED) is 0.742. The molecule has 126 valence electrons. The zero-order chi connectivity index (χ0) is 16.1. The van der Waals surface area contributed by atoms with Gasteiger partial charge in [0.25, 0.3) is 0 Å². The molecule has 0 aliphatic carbocycles. The van der Waals surface area contributed by atoms with Crippen LogP contribution in [0.1, 0.15) is 47.5 Å². The van der Waals surface area contributed by atoms with Gasteiger partial charge in [0.1, 0.15) is 18.1 Å². The predicted octanol–water partition coefficient (Wildman–Crippen LogP) is 1.87. The lowest BCUT2D eigenvalue weighted by Crippen LogP contribution is -2.41. The third kappa shape index (κ3) is 2.66. The highest BCUT2D eigenvalue weighted by molar-refractivity contribution is 5.74. The normalized spacial score (nSPS) is 39.9. The number of nitrogens with zero attached hydrogens (tertiary/aromatic N) is 1. The molecule has 22 heavy (non-hydrogen) atoms. The fourth-order valence-electron chi connectivity index (χ4n) is 3.85. The Kier molecular flexibility index (Phi) is 4.00. The van der Waals surface area contributed by atoms with Crippen LogP contribution in [0.3, 0.4) is 0 Å². The maximum atomic E-state index is 12.5. The fraction of sp³-hybridized carbons (Fsp3) is 0.938. The van der Waals surface area contributed by atoms with Gasteiger partial charge in [0.2, 0.25) is 0 Å². The van der Waals surface area contributed by atoms with Gasteiger partial charge in [-0.15, -0.1) is 0 Å². The molecule has 3 aliphatic rings. The molecule has 0 N–H and O–H groups in total. The molecular weight excluding hydrogens is 286 g/mol. The van der Waals surface area contributed by atoms with E-state index in [1.807, 2.05) is 25.8 Å². The van der Waals surface area contributed by atoms with Crippen molar-refractivity contribution in [3.8, 4) is 0 Å². The summed E-state index contributed by atoms with van der Waals surface area (Å²) >= 11 is 0. The molecule has 3 fully saturated rings. The largest absolute Gasteiger partial charge is 0.466 e. The van der Waals surface area contributed by atoms with Crippen molar-refractivity contribution in [1.82, 2.24) is 5.06 Å². The van der Waals surface area contributed by atoms with Gasteiger partial charge in [-0.05, 0) is 47.5 Å². The lowest BCUT2D eigenvalue weighted by Gasteiger charge is -2.30. The minimum absolute atomic E-state index is 0.0614. The summed E-state index contributed by atoms with van der Waals surface area (Å²) in [7, 11) is 0. The van der Waals surface area contributed by atoms with Crippen LogP contribution in [0.5, 0.6) is 0 Å². The topological polar surface area (TPSA) is 57.2 Å². The first-order valence-electron chi connectivity index (χ1n) is 8.20. The third-order valence-corrected chi connectivity index (χ3v) is 4.91. The summed E-state index contributed by atoms with van der Waals surface area (Å²) in [5.74, 6) is -1.13. The average Bonchev–Trinajstić information content (AvgIpc) is 3.04. The second-order valence-corrected chi connectivity index (χ2v) is 7.46. The molecule has 4 atom stereocenters. The van der Waals surface area contributed by atoms with Crippen LogP contribution in [0, 0.1) is 5.92 Å². The van der Waals surface area contributed by atoms with Crippen molar-refractivity contribution in [1.29, 1.82) is 0 Å². The Morgan fingerprint density at radius 1 is 1.32 bits per heavy atom. The Labute approximate surface area is 132 Å². The zero-order valence-electron chi connectivity index (χ0n) is 14.1. The average molecular weight is 313 g/mol.